The Bertz CT molecular complexity index is 834. The van der Waals surface area contributed by atoms with Gasteiger partial charge >= 0.3 is 0 Å². The van der Waals surface area contributed by atoms with Gasteiger partial charge in [-0.25, -0.2) is 17.8 Å². The molecule has 0 saturated carbocycles. The van der Waals surface area contributed by atoms with Crippen molar-refractivity contribution in [3.63, 3.8) is 0 Å². The third kappa shape index (κ3) is 2.36. The van der Waals surface area contributed by atoms with Crippen LogP contribution in [0.2, 0.25) is 0 Å². The Balaban J connectivity index is 1.98. The molecule has 0 radical (unpaired) electrons. The lowest BCUT2D eigenvalue weighted by Crippen LogP contribution is -2.31. The summed E-state index contributed by atoms with van der Waals surface area (Å²) in [6, 6.07) is 10.4. The number of halogens is 1. The van der Waals surface area contributed by atoms with Gasteiger partial charge in [0.15, 0.2) is 0 Å². The van der Waals surface area contributed by atoms with Crippen LogP contribution in [-0.4, -0.2) is 19.1 Å². The van der Waals surface area contributed by atoms with Crippen molar-refractivity contribution in [2.45, 2.75) is 11.4 Å². The smallest absolute Gasteiger partial charge is 0.267 e. The van der Waals surface area contributed by atoms with Crippen molar-refractivity contribution in [1.29, 1.82) is 0 Å². The first-order chi connectivity index (χ1) is 9.98. The van der Waals surface area contributed by atoms with E-state index in [9.17, 15) is 12.8 Å². The van der Waals surface area contributed by atoms with E-state index in [0.29, 0.717) is 11.3 Å². The van der Waals surface area contributed by atoms with Crippen LogP contribution < -0.4 is 5.73 Å². The standard InChI is InChI=1S/C14H12FN3O2S/c15-11-6-5-10(12(16)7-11)8-18-9-17-13-3-1-2-4-14(13)21(18,19)20/h1-7,9H,8,16H2. The normalized spacial score (nSPS) is 15.8. The van der Waals surface area contributed by atoms with E-state index in [1.165, 1.54) is 24.5 Å². The lowest BCUT2D eigenvalue weighted by atomic mass is 10.2. The van der Waals surface area contributed by atoms with Gasteiger partial charge in [0.05, 0.1) is 12.2 Å². The number of para-hydroxylation sites is 1. The summed E-state index contributed by atoms with van der Waals surface area (Å²) in [6.45, 7) is 0.00623. The summed E-state index contributed by atoms with van der Waals surface area (Å²) in [5, 5.41) is 0. The van der Waals surface area contributed by atoms with Crippen LogP contribution in [0, 0.1) is 5.82 Å². The minimum atomic E-state index is -3.67. The SMILES string of the molecule is Nc1cc(F)ccc1CN1C=Nc2ccccc2S1(=O)=O. The van der Waals surface area contributed by atoms with Crippen LogP contribution in [0.3, 0.4) is 0 Å². The predicted octanol–water partition coefficient (Wildman–Crippen LogP) is 2.27. The third-order valence-electron chi connectivity index (χ3n) is 3.21. The first-order valence-corrected chi connectivity index (χ1v) is 7.61. The van der Waals surface area contributed by atoms with Crippen molar-refractivity contribution in [1.82, 2.24) is 4.31 Å². The maximum atomic E-state index is 13.0. The molecule has 1 aliphatic rings. The van der Waals surface area contributed by atoms with Gasteiger partial charge in [0, 0.05) is 5.69 Å². The summed E-state index contributed by atoms with van der Waals surface area (Å²) < 4.78 is 39.1. The summed E-state index contributed by atoms with van der Waals surface area (Å²) in [7, 11) is -3.67. The maximum absolute atomic E-state index is 13.0. The van der Waals surface area contributed by atoms with E-state index in [0.717, 1.165) is 10.4 Å². The Morgan fingerprint density at radius 3 is 2.71 bits per heavy atom. The number of fused-ring (bicyclic) bond motifs is 1. The third-order valence-corrected chi connectivity index (χ3v) is 4.95. The summed E-state index contributed by atoms with van der Waals surface area (Å²) in [6.07, 6.45) is 1.25. The molecule has 0 aliphatic carbocycles. The molecule has 0 spiro atoms. The molecule has 0 unspecified atom stereocenters. The highest BCUT2D eigenvalue weighted by molar-refractivity contribution is 7.89. The molecule has 1 heterocycles. The molecule has 0 aromatic heterocycles. The number of sulfonamides is 1. The first kappa shape index (κ1) is 13.6. The molecule has 2 N–H and O–H groups in total. The fraction of sp³-hybridized carbons (Fsp3) is 0.0714. The van der Waals surface area contributed by atoms with Gasteiger partial charge in [0.2, 0.25) is 0 Å². The molecule has 0 atom stereocenters. The zero-order valence-electron chi connectivity index (χ0n) is 10.9. The second-order valence-electron chi connectivity index (χ2n) is 4.61. The molecule has 7 heteroatoms. The van der Waals surface area contributed by atoms with Gasteiger partial charge in [-0.1, -0.05) is 18.2 Å². The van der Waals surface area contributed by atoms with Crippen molar-refractivity contribution >= 4 is 27.7 Å². The van der Waals surface area contributed by atoms with Gasteiger partial charge in [0.25, 0.3) is 10.0 Å². The first-order valence-electron chi connectivity index (χ1n) is 6.17. The topological polar surface area (TPSA) is 75.8 Å². The zero-order chi connectivity index (χ0) is 15.0. The minimum Gasteiger partial charge on any atom is -0.398 e. The highest BCUT2D eigenvalue weighted by Crippen LogP contribution is 2.31. The van der Waals surface area contributed by atoms with Gasteiger partial charge in [0.1, 0.15) is 17.1 Å². The Morgan fingerprint density at radius 2 is 1.95 bits per heavy atom. The summed E-state index contributed by atoms with van der Waals surface area (Å²) in [5.74, 6) is -0.461. The number of aliphatic imine (C=N–C) groups is 1. The van der Waals surface area contributed by atoms with Gasteiger partial charge in [-0.15, -0.1) is 0 Å². The van der Waals surface area contributed by atoms with Gasteiger partial charge < -0.3 is 5.73 Å². The van der Waals surface area contributed by atoms with Crippen LogP contribution in [0.25, 0.3) is 0 Å². The number of anilines is 1. The maximum Gasteiger partial charge on any atom is 0.267 e. The summed E-state index contributed by atoms with van der Waals surface area (Å²) in [5.41, 5.74) is 6.84. The van der Waals surface area contributed by atoms with Crippen molar-refractivity contribution < 1.29 is 12.8 Å². The van der Waals surface area contributed by atoms with E-state index in [1.807, 2.05) is 0 Å². The molecule has 2 aromatic rings. The van der Waals surface area contributed by atoms with Crippen LogP contribution in [0.5, 0.6) is 0 Å². The molecule has 0 bridgehead atoms. The Hall–Kier alpha value is -2.41. The number of benzene rings is 2. The molecule has 1 aliphatic heterocycles. The molecular formula is C14H12FN3O2S. The van der Waals surface area contributed by atoms with Crippen LogP contribution >= 0.6 is 0 Å². The molecular weight excluding hydrogens is 293 g/mol. The summed E-state index contributed by atoms with van der Waals surface area (Å²) in [4.78, 5) is 4.27. The number of rotatable bonds is 2. The predicted molar refractivity (Wildman–Crippen MR) is 78.1 cm³/mol. The fourth-order valence-electron chi connectivity index (χ4n) is 2.10. The van der Waals surface area contributed by atoms with Crippen molar-refractivity contribution in [2.24, 2.45) is 4.99 Å². The largest absolute Gasteiger partial charge is 0.398 e. The Morgan fingerprint density at radius 1 is 1.19 bits per heavy atom. The highest BCUT2D eigenvalue weighted by atomic mass is 32.2. The number of nitrogens with two attached hydrogens (primary N) is 1. The van der Waals surface area contributed by atoms with E-state index >= 15 is 0 Å². The molecule has 3 rings (SSSR count). The molecule has 0 fully saturated rings. The molecule has 0 saturated heterocycles. The molecule has 108 valence electrons. The number of nitrogen functional groups attached to an aromatic ring is 1. The highest BCUT2D eigenvalue weighted by Gasteiger charge is 2.28. The quantitative estimate of drug-likeness (QED) is 0.865. The molecule has 0 amide bonds. The monoisotopic (exact) mass is 305 g/mol. The average molecular weight is 305 g/mol. The van der Waals surface area contributed by atoms with E-state index in [1.54, 1.807) is 18.2 Å². The van der Waals surface area contributed by atoms with Crippen LogP contribution in [0.15, 0.2) is 52.4 Å². The van der Waals surface area contributed by atoms with Crippen molar-refractivity contribution in [2.75, 3.05) is 5.73 Å². The van der Waals surface area contributed by atoms with Crippen molar-refractivity contribution in [3.8, 4) is 0 Å². The molecule has 2 aromatic carbocycles. The second kappa shape index (κ2) is 4.85. The van der Waals surface area contributed by atoms with Gasteiger partial charge in [-0.2, -0.15) is 0 Å². The van der Waals surface area contributed by atoms with Gasteiger partial charge in [-0.05, 0) is 29.8 Å². The van der Waals surface area contributed by atoms with Crippen molar-refractivity contribution in [3.05, 3.63) is 53.8 Å². The average Bonchev–Trinajstić information content (AvgIpc) is 2.44. The summed E-state index contributed by atoms with van der Waals surface area (Å²) >= 11 is 0. The lowest BCUT2D eigenvalue weighted by Gasteiger charge is -2.24. The lowest BCUT2D eigenvalue weighted by molar-refractivity contribution is 0.522. The van der Waals surface area contributed by atoms with E-state index in [2.05, 4.69) is 4.99 Å². The second-order valence-corrected chi connectivity index (χ2v) is 6.46. The molecule has 21 heavy (non-hydrogen) atoms. The van der Waals surface area contributed by atoms with E-state index in [4.69, 9.17) is 5.73 Å². The van der Waals surface area contributed by atoms with Crippen LogP contribution in [0.4, 0.5) is 15.8 Å². The van der Waals surface area contributed by atoms with E-state index < -0.39 is 15.8 Å². The van der Waals surface area contributed by atoms with Crippen LogP contribution in [-0.2, 0) is 16.6 Å². The van der Waals surface area contributed by atoms with E-state index in [-0.39, 0.29) is 17.1 Å². The zero-order valence-corrected chi connectivity index (χ0v) is 11.7. The number of hydrogen-bond donors (Lipinski definition) is 1. The minimum absolute atomic E-state index is 0.00623. The fourth-order valence-corrected chi connectivity index (χ4v) is 3.47. The van der Waals surface area contributed by atoms with Crippen LogP contribution in [0.1, 0.15) is 5.56 Å². The number of hydrogen-bond acceptors (Lipinski definition) is 4. The molecule has 5 nitrogen and oxygen atoms in total. The van der Waals surface area contributed by atoms with Gasteiger partial charge in [-0.3, -0.25) is 4.31 Å². The number of nitrogens with zero attached hydrogens (tertiary/aromatic N) is 2. The Kier molecular flexibility index (Phi) is 3.13. The Labute approximate surface area is 121 Å².